The molecule has 0 amide bonds. The lowest BCUT2D eigenvalue weighted by Gasteiger charge is -2.36. The molecule has 0 radical (unpaired) electrons. The highest BCUT2D eigenvalue weighted by Gasteiger charge is 2.51. The summed E-state index contributed by atoms with van der Waals surface area (Å²) in [4.78, 5) is 34.1. The quantitative estimate of drug-likeness (QED) is 0.428. The third-order valence-corrected chi connectivity index (χ3v) is 5.52. The average Bonchev–Trinajstić information content (AvgIpc) is 3.25. The Morgan fingerprint density at radius 2 is 2.04 bits per heavy atom. The molecule has 0 bridgehead atoms. The van der Waals surface area contributed by atoms with Gasteiger partial charge >= 0.3 is 0 Å². The van der Waals surface area contributed by atoms with E-state index in [-0.39, 0.29) is 30.5 Å². The second kappa shape index (κ2) is 7.26. The lowest BCUT2D eigenvalue weighted by Crippen LogP contribution is -2.49. The minimum absolute atomic E-state index is 0.00336. The van der Waals surface area contributed by atoms with Crippen molar-refractivity contribution in [2.45, 2.75) is 37.2 Å². The van der Waals surface area contributed by atoms with Crippen LogP contribution in [0.4, 0.5) is 0 Å². The van der Waals surface area contributed by atoms with E-state index in [4.69, 9.17) is 9.47 Å². The predicted molar refractivity (Wildman–Crippen MR) is 88.0 cm³/mol. The van der Waals surface area contributed by atoms with Crippen LogP contribution in [0.2, 0.25) is 0 Å². The average molecular weight is 363 g/mol. The van der Waals surface area contributed by atoms with Gasteiger partial charge in [-0.3, -0.25) is 14.7 Å². The number of fused-ring (bicyclic) bond motifs is 1. The molecule has 26 heavy (non-hydrogen) atoms. The normalized spacial score (nSPS) is 32.3. The van der Waals surface area contributed by atoms with Crippen LogP contribution in [0.1, 0.15) is 23.2 Å². The molecule has 3 saturated heterocycles. The number of piperidine rings is 1. The van der Waals surface area contributed by atoms with Crippen LogP contribution in [0, 0.1) is 16.0 Å². The summed E-state index contributed by atoms with van der Waals surface area (Å²) in [5.74, 6) is 0.151. The van der Waals surface area contributed by atoms with Gasteiger partial charge < -0.3 is 14.3 Å². The van der Waals surface area contributed by atoms with Gasteiger partial charge in [-0.15, -0.1) is 10.1 Å². The standard InChI is InChI=1S/C17H21N3O6/c21-15(12-2-1-5-18-8-12)11-3-6-19(7-4-11)13-9-24-17-14(26-20(22)23)10-25-16(13)17/h1-2,5,8,11,13-14,16-17H,3-4,6-7,9-10H2/t13-,14-,16-,17-/m1/s1. The number of rotatable bonds is 5. The van der Waals surface area contributed by atoms with Crippen LogP contribution < -0.4 is 0 Å². The Morgan fingerprint density at radius 1 is 1.27 bits per heavy atom. The summed E-state index contributed by atoms with van der Waals surface area (Å²) in [6.45, 7) is 2.19. The maximum Gasteiger partial charge on any atom is 0.294 e. The Morgan fingerprint density at radius 3 is 2.73 bits per heavy atom. The van der Waals surface area contributed by atoms with Gasteiger partial charge in [0.25, 0.3) is 5.09 Å². The van der Waals surface area contributed by atoms with E-state index in [2.05, 4.69) is 14.7 Å². The van der Waals surface area contributed by atoms with Crippen molar-refractivity contribution in [2.75, 3.05) is 26.3 Å². The van der Waals surface area contributed by atoms with Gasteiger partial charge in [-0.05, 0) is 38.1 Å². The van der Waals surface area contributed by atoms with Gasteiger partial charge in [0.2, 0.25) is 0 Å². The second-order valence-corrected chi connectivity index (χ2v) is 6.95. The van der Waals surface area contributed by atoms with Gasteiger partial charge in [-0.25, -0.2) is 0 Å². The fraction of sp³-hybridized carbons (Fsp3) is 0.647. The maximum atomic E-state index is 12.6. The molecule has 9 nitrogen and oxygen atoms in total. The first-order chi connectivity index (χ1) is 12.6. The van der Waals surface area contributed by atoms with Crippen LogP contribution in [-0.2, 0) is 14.3 Å². The summed E-state index contributed by atoms with van der Waals surface area (Å²) in [6, 6.07) is 3.63. The van der Waals surface area contributed by atoms with E-state index in [1.807, 2.05) is 0 Å². The zero-order valence-corrected chi connectivity index (χ0v) is 14.2. The summed E-state index contributed by atoms with van der Waals surface area (Å²) in [6.07, 6.45) is 3.54. The van der Waals surface area contributed by atoms with E-state index in [9.17, 15) is 14.9 Å². The molecule has 4 atom stereocenters. The maximum absolute atomic E-state index is 12.6. The van der Waals surface area contributed by atoms with Gasteiger partial charge in [0, 0.05) is 23.9 Å². The van der Waals surface area contributed by atoms with Gasteiger partial charge in [0.1, 0.15) is 12.2 Å². The summed E-state index contributed by atoms with van der Waals surface area (Å²) < 4.78 is 11.5. The van der Waals surface area contributed by atoms with Crippen LogP contribution in [0.15, 0.2) is 24.5 Å². The molecule has 0 aliphatic carbocycles. The molecule has 9 heteroatoms. The van der Waals surface area contributed by atoms with Crippen LogP contribution in [0.25, 0.3) is 0 Å². The Kier molecular flexibility index (Phi) is 4.84. The summed E-state index contributed by atoms with van der Waals surface area (Å²) in [7, 11) is 0. The Balaban J connectivity index is 1.33. The van der Waals surface area contributed by atoms with Crippen molar-refractivity contribution >= 4 is 5.78 Å². The SMILES string of the molecule is O=C(c1cccnc1)C1CCN([C@@H]2CO[C@H]3[C@@H]2OC[C@H]3O[N+](=O)[O-])CC1. The van der Waals surface area contributed by atoms with Gasteiger partial charge in [-0.2, -0.15) is 0 Å². The number of carbonyl (C=O) groups is 1. The molecule has 0 spiro atoms. The second-order valence-electron chi connectivity index (χ2n) is 6.95. The molecule has 4 rings (SSSR count). The van der Waals surface area contributed by atoms with Crippen molar-refractivity contribution in [3.63, 3.8) is 0 Å². The van der Waals surface area contributed by atoms with Crippen LogP contribution in [0.3, 0.4) is 0 Å². The highest BCUT2D eigenvalue weighted by molar-refractivity contribution is 5.97. The van der Waals surface area contributed by atoms with E-state index in [1.54, 1.807) is 24.5 Å². The number of hydrogen-bond donors (Lipinski definition) is 0. The number of hydrogen-bond acceptors (Lipinski definition) is 8. The zero-order chi connectivity index (χ0) is 18.1. The van der Waals surface area contributed by atoms with Gasteiger partial charge in [0.15, 0.2) is 11.9 Å². The zero-order valence-electron chi connectivity index (χ0n) is 14.2. The Hall–Kier alpha value is -2.10. The fourth-order valence-corrected chi connectivity index (χ4v) is 4.20. The van der Waals surface area contributed by atoms with E-state index in [1.165, 1.54) is 0 Å². The molecular formula is C17H21N3O6. The van der Waals surface area contributed by atoms with Crippen molar-refractivity contribution in [3.8, 4) is 0 Å². The molecule has 1 aromatic rings. The van der Waals surface area contributed by atoms with Crippen molar-refractivity contribution in [3.05, 3.63) is 40.2 Å². The molecule has 140 valence electrons. The fourth-order valence-electron chi connectivity index (χ4n) is 4.20. The number of aromatic nitrogens is 1. The van der Waals surface area contributed by atoms with Crippen LogP contribution in [-0.4, -0.2) is 71.4 Å². The Bertz CT molecular complexity index is 664. The molecule has 1 aromatic heterocycles. The Labute approximate surface area is 150 Å². The molecule has 0 saturated carbocycles. The van der Waals surface area contributed by atoms with E-state index in [0.717, 1.165) is 25.9 Å². The molecule has 3 aliphatic heterocycles. The van der Waals surface area contributed by atoms with Crippen molar-refractivity contribution < 1.29 is 24.2 Å². The highest BCUT2D eigenvalue weighted by atomic mass is 17.0. The molecule has 0 unspecified atom stereocenters. The third kappa shape index (κ3) is 3.29. The predicted octanol–water partition coefficient (Wildman–Crippen LogP) is 0.719. The molecule has 3 fully saturated rings. The first-order valence-corrected chi connectivity index (χ1v) is 8.86. The van der Waals surface area contributed by atoms with Crippen molar-refractivity contribution in [1.82, 2.24) is 9.88 Å². The first kappa shape index (κ1) is 17.3. The number of likely N-dealkylation sites (tertiary alicyclic amines) is 1. The monoisotopic (exact) mass is 363 g/mol. The van der Waals surface area contributed by atoms with Crippen LogP contribution >= 0.6 is 0 Å². The smallest absolute Gasteiger partial charge is 0.294 e. The molecule has 3 aliphatic rings. The molecule has 0 N–H and O–H groups in total. The number of carbonyl (C=O) groups excluding carboxylic acids is 1. The lowest BCUT2D eigenvalue weighted by molar-refractivity contribution is -0.769. The van der Waals surface area contributed by atoms with Crippen molar-refractivity contribution in [1.29, 1.82) is 0 Å². The molecule has 4 heterocycles. The molecular weight excluding hydrogens is 342 g/mol. The van der Waals surface area contributed by atoms with Gasteiger partial charge in [0.05, 0.1) is 19.3 Å². The number of ether oxygens (including phenoxy) is 2. The lowest BCUT2D eigenvalue weighted by atomic mass is 9.88. The summed E-state index contributed by atoms with van der Waals surface area (Å²) in [5, 5.41) is 9.78. The third-order valence-electron chi connectivity index (χ3n) is 5.52. The minimum atomic E-state index is -0.789. The number of pyridine rings is 1. The topological polar surface area (TPSA) is 104 Å². The number of nitrogens with zero attached hydrogens (tertiary/aromatic N) is 3. The van der Waals surface area contributed by atoms with E-state index in [0.29, 0.717) is 12.2 Å². The van der Waals surface area contributed by atoms with Crippen molar-refractivity contribution in [2.24, 2.45) is 5.92 Å². The van der Waals surface area contributed by atoms with E-state index >= 15 is 0 Å². The van der Waals surface area contributed by atoms with Crippen LogP contribution in [0.5, 0.6) is 0 Å². The summed E-state index contributed by atoms with van der Waals surface area (Å²) in [5.41, 5.74) is 0.661. The number of Topliss-reactive ketones (excluding diaryl/α,β-unsaturated/α-hetero) is 1. The van der Waals surface area contributed by atoms with E-state index < -0.39 is 17.3 Å². The minimum Gasteiger partial charge on any atom is -0.371 e. The van der Waals surface area contributed by atoms with Gasteiger partial charge in [-0.1, -0.05) is 0 Å². The summed E-state index contributed by atoms with van der Waals surface area (Å²) >= 11 is 0. The highest BCUT2D eigenvalue weighted by Crippen LogP contribution is 2.33. The largest absolute Gasteiger partial charge is 0.371 e. The molecule has 0 aromatic carbocycles. The first-order valence-electron chi connectivity index (χ1n) is 8.86. The number of ketones is 1.